The zero-order valence-corrected chi connectivity index (χ0v) is 24.7. The summed E-state index contributed by atoms with van der Waals surface area (Å²) in [6.07, 6.45) is 4.52. The van der Waals surface area contributed by atoms with Crippen molar-refractivity contribution in [2.75, 3.05) is 0 Å². The van der Waals surface area contributed by atoms with E-state index in [1.807, 2.05) is 97.3 Å². The molecule has 2 heterocycles. The Balaban J connectivity index is 0.000000177. The molecule has 203 valence electrons. The number of nitrogens with zero attached hydrogens (tertiary/aromatic N) is 2. The van der Waals surface area contributed by atoms with E-state index in [1.165, 1.54) is 34.5 Å². The predicted octanol–water partition coefficient (Wildman–Crippen LogP) is 8.23. The van der Waals surface area contributed by atoms with Crippen LogP contribution in [-0.4, -0.2) is 26.3 Å². The van der Waals surface area contributed by atoms with Gasteiger partial charge in [0.15, 0.2) is 0 Å². The molecule has 4 nitrogen and oxygen atoms in total. The molecule has 0 aliphatic heterocycles. The Labute approximate surface area is 249 Å². The van der Waals surface area contributed by atoms with Crippen LogP contribution in [0.15, 0.2) is 133 Å². The molecule has 0 amide bonds. The summed E-state index contributed by atoms with van der Waals surface area (Å²) < 4.78 is 0. The molecule has 4 aromatic carbocycles. The quantitative estimate of drug-likeness (QED) is 0.144. The molecule has 0 saturated heterocycles. The second kappa shape index (κ2) is 15.4. The molecule has 0 spiro atoms. The number of aromatic nitrogens is 2. The van der Waals surface area contributed by atoms with Crippen LogP contribution < -0.4 is 0 Å². The van der Waals surface area contributed by atoms with Crippen LogP contribution in [0.1, 0.15) is 13.8 Å². The standard InChI is InChI=1S/2C15H10N.C5H10O2.Ir/c2*1-2-7-13(8-3-1)15-14-9-5-4-6-12(14)10-11-16-15;1-4(6)3-5(2)7;/h2*1-7,9-11H;3-4,6-7H,1-2H3;/q2*-1;;. The monoisotopic (exact) mass is 703 g/mol. The molecule has 2 N–H and O–H groups in total. The Hall–Kier alpha value is -4.15. The first-order valence-electron chi connectivity index (χ1n) is 12.7. The van der Waals surface area contributed by atoms with E-state index in [4.69, 9.17) is 10.2 Å². The van der Waals surface area contributed by atoms with Gasteiger partial charge in [-0.25, -0.2) is 0 Å². The Morgan fingerprint density at radius 3 is 1.45 bits per heavy atom. The molecular formula is C35H30IrN2O2-2. The van der Waals surface area contributed by atoms with E-state index in [9.17, 15) is 0 Å². The van der Waals surface area contributed by atoms with Crippen LogP contribution in [0.5, 0.6) is 0 Å². The second-order valence-electron chi connectivity index (χ2n) is 8.86. The minimum atomic E-state index is -0.537. The Kier molecular flexibility index (Phi) is 11.7. The van der Waals surface area contributed by atoms with Crippen LogP contribution >= 0.6 is 0 Å². The summed E-state index contributed by atoms with van der Waals surface area (Å²) in [5, 5.41) is 21.7. The third-order valence-corrected chi connectivity index (χ3v) is 5.76. The van der Waals surface area contributed by atoms with E-state index in [0.29, 0.717) is 0 Å². The smallest absolute Gasteiger partial charge is 0.0877 e. The SMILES string of the molecule is CC(O)=CC(C)O.[Ir].[c-]1ccccc1-c1nccc2ccccc12.[c-]1ccccc1-c1nccc2ccccc12. The fourth-order valence-electron chi connectivity index (χ4n) is 4.10. The Bertz CT molecular complexity index is 1520. The molecule has 0 aliphatic rings. The van der Waals surface area contributed by atoms with Crippen molar-refractivity contribution in [1.82, 2.24) is 9.97 Å². The van der Waals surface area contributed by atoms with Gasteiger partial charge in [0, 0.05) is 32.5 Å². The van der Waals surface area contributed by atoms with Gasteiger partial charge in [-0.05, 0) is 65.0 Å². The van der Waals surface area contributed by atoms with Crippen molar-refractivity contribution in [3.8, 4) is 22.5 Å². The maximum atomic E-state index is 8.49. The summed E-state index contributed by atoms with van der Waals surface area (Å²) >= 11 is 0. The number of benzene rings is 4. The molecule has 6 rings (SSSR count). The van der Waals surface area contributed by atoms with Gasteiger partial charge in [-0.15, -0.1) is 71.8 Å². The summed E-state index contributed by atoms with van der Waals surface area (Å²) in [5.74, 6) is 0.162. The zero-order valence-electron chi connectivity index (χ0n) is 22.3. The third-order valence-electron chi connectivity index (χ3n) is 5.76. The Morgan fingerprint density at radius 2 is 1.10 bits per heavy atom. The van der Waals surface area contributed by atoms with Crippen molar-refractivity contribution >= 4 is 21.5 Å². The van der Waals surface area contributed by atoms with Crippen LogP contribution in [0.3, 0.4) is 0 Å². The minimum absolute atomic E-state index is 0. The molecule has 40 heavy (non-hydrogen) atoms. The summed E-state index contributed by atoms with van der Waals surface area (Å²) in [4.78, 5) is 8.89. The number of hydrogen-bond donors (Lipinski definition) is 2. The van der Waals surface area contributed by atoms with Crippen LogP contribution in [0, 0.1) is 12.1 Å². The minimum Gasteiger partial charge on any atom is -0.513 e. The fourth-order valence-corrected chi connectivity index (χ4v) is 4.10. The van der Waals surface area contributed by atoms with E-state index >= 15 is 0 Å². The molecule has 0 aliphatic carbocycles. The van der Waals surface area contributed by atoms with E-state index in [0.717, 1.165) is 22.5 Å². The van der Waals surface area contributed by atoms with Crippen LogP contribution in [0.25, 0.3) is 44.1 Å². The van der Waals surface area contributed by atoms with E-state index in [1.54, 1.807) is 6.92 Å². The number of aliphatic hydroxyl groups excluding tert-OH is 2. The number of fused-ring (bicyclic) bond motifs is 2. The average molecular weight is 703 g/mol. The molecular weight excluding hydrogens is 673 g/mol. The van der Waals surface area contributed by atoms with Gasteiger partial charge < -0.3 is 20.2 Å². The molecule has 0 bridgehead atoms. The van der Waals surface area contributed by atoms with Crippen molar-refractivity contribution in [2.24, 2.45) is 0 Å². The van der Waals surface area contributed by atoms with Gasteiger partial charge >= 0.3 is 0 Å². The summed E-state index contributed by atoms with van der Waals surface area (Å²) in [6.45, 7) is 3.10. The first-order valence-corrected chi connectivity index (χ1v) is 12.7. The van der Waals surface area contributed by atoms with Crippen molar-refractivity contribution in [3.63, 3.8) is 0 Å². The molecule has 1 unspecified atom stereocenters. The van der Waals surface area contributed by atoms with Gasteiger partial charge in [0.05, 0.1) is 11.9 Å². The first-order chi connectivity index (χ1) is 19.0. The van der Waals surface area contributed by atoms with Crippen molar-refractivity contribution in [3.05, 3.63) is 146 Å². The molecule has 0 fully saturated rings. The van der Waals surface area contributed by atoms with Gasteiger partial charge in [-0.1, -0.05) is 48.5 Å². The van der Waals surface area contributed by atoms with Gasteiger partial charge in [0.1, 0.15) is 0 Å². The molecule has 0 saturated carbocycles. The first kappa shape index (κ1) is 30.4. The zero-order chi connectivity index (χ0) is 27.5. The van der Waals surface area contributed by atoms with Crippen LogP contribution in [0.4, 0.5) is 0 Å². The molecule has 6 aromatic rings. The summed E-state index contributed by atoms with van der Waals surface area (Å²) in [7, 11) is 0. The predicted molar refractivity (Wildman–Crippen MR) is 160 cm³/mol. The van der Waals surface area contributed by atoms with Crippen LogP contribution in [-0.2, 0) is 20.1 Å². The maximum Gasteiger partial charge on any atom is 0.0877 e. The van der Waals surface area contributed by atoms with E-state index in [2.05, 4.69) is 46.4 Å². The molecule has 1 atom stereocenters. The van der Waals surface area contributed by atoms with E-state index < -0.39 is 6.10 Å². The topological polar surface area (TPSA) is 66.2 Å². The molecule has 5 heteroatoms. The third kappa shape index (κ3) is 8.42. The maximum absolute atomic E-state index is 8.49. The average Bonchev–Trinajstić information content (AvgIpc) is 2.97. The van der Waals surface area contributed by atoms with Gasteiger partial charge in [-0.2, -0.15) is 0 Å². The van der Waals surface area contributed by atoms with Crippen molar-refractivity contribution in [1.29, 1.82) is 0 Å². The van der Waals surface area contributed by atoms with Crippen LogP contribution in [0.2, 0.25) is 0 Å². The normalized spacial score (nSPS) is 11.3. The van der Waals surface area contributed by atoms with Crippen molar-refractivity contribution < 1.29 is 30.3 Å². The largest absolute Gasteiger partial charge is 0.513 e. The molecule has 2 aromatic heterocycles. The molecule has 1 radical (unpaired) electrons. The fraction of sp³-hybridized carbons (Fsp3) is 0.0857. The van der Waals surface area contributed by atoms with Crippen molar-refractivity contribution in [2.45, 2.75) is 20.0 Å². The second-order valence-corrected chi connectivity index (χ2v) is 8.86. The number of aliphatic hydroxyl groups is 2. The summed E-state index contributed by atoms with van der Waals surface area (Å²) in [6, 6.07) is 42.9. The van der Waals surface area contributed by atoms with E-state index in [-0.39, 0.29) is 25.9 Å². The van der Waals surface area contributed by atoms with Gasteiger partial charge in [0.25, 0.3) is 0 Å². The number of pyridine rings is 2. The number of hydrogen-bond acceptors (Lipinski definition) is 4. The Morgan fingerprint density at radius 1 is 0.675 bits per heavy atom. The summed E-state index contributed by atoms with van der Waals surface area (Å²) in [5.41, 5.74) is 4.08. The van der Waals surface area contributed by atoms with Gasteiger partial charge in [-0.3, -0.25) is 0 Å². The van der Waals surface area contributed by atoms with Gasteiger partial charge in [0.2, 0.25) is 0 Å². The number of allylic oxidation sites excluding steroid dienone is 1. The number of rotatable bonds is 3.